The zero-order chi connectivity index (χ0) is 15.3. The minimum Gasteiger partial charge on any atom is -0.398 e. The maximum Gasteiger partial charge on any atom is 0.233 e. The Morgan fingerprint density at radius 2 is 1.76 bits per heavy atom. The van der Waals surface area contributed by atoms with Crippen LogP contribution in [0.1, 0.15) is 0 Å². The summed E-state index contributed by atoms with van der Waals surface area (Å²) in [6.07, 6.45) is 0. The lowest BCUT2D eigenvalue weighted by molar-refractivity contribution is 0.602. The Kier molecular flexibility index (Phi) is 5.39. The molecule has 0 amide bonds. The van der Waals surface area contributed by atoms with E-state index in [-0.39, 0.29) is 5.75 Å². The van der Waals surface area contributed by atoms with E-state index in [2.05, 4.69) is 4.72 Å². The van der Waals surface area contributed by atoms with Gasteiger partial charge in [0, 0.05) is 16.3 Å². The number of nitrogens with one attached hydrogen (secondary N) is 1. The van der Waals surface area contributed by atoms with Crippen LogP contribution < -0.4 is 10.5 Å². The maximum atomic E-state index is 12.0. The standard InChI is InChI=1S/C14H15ClN2O2S2/c15-11-5-1-3-7-13(11)17-21(18,19)10-9-20-14-8-4-2-6-12(14)16/h1-8,17H,9-10,16H2. The molecule has 7 heteroatoms. The van der Waals surface area contributed by atoms with Crippen LogP contribution in [-0.4, -0.2) is 19.9 Å². The summed E-state index contributed by atoms with van der Waals surface area (Å²) in [5, 5.41) is 0.376. The van der Waals surface area contributed by atoms with Crippen LogP contribution in [0.3, 0.4) is 0 Å². The summed E-state index contributed by atoms with van der Waals surface area (Å²) < 4.78 is 26.5. The van der Waals surface area contributed by atoms with Gasteiger partial charge in [-0.2, -0.15) is 0 Å². The third-order valence-electron chi connectivity index (χ3n) is 2.67. The Balaban J connectivity index is 1.93. The highest BCUT2D eigenvalue weighted by atomic mass is 35.5. The second kappa shape index (κ2) is 7.06. The van der Waals surface area contributed by atoms with Crippen molar-refractivity contribution in [2.75, 3.05) is 22.0 Å². The number of anilines is 2. The number of halogens is 1. The second-order valence-corrected chi connectivity index (χ2v) is 7.67. The van der Waals surface area contributed by atoms with Gasteiger partial charge in [0.15, 0.2) is 0 Å². The van der Waals surface area contributed by atoms with Crippen LogP contribution >= 0.6 is 23.4 Å². The fraction of sp³-hybridized carbons (Fsp3) is 0.143. The molecule has 0 spiro atoms. The van der Waals surface area contributed by atoms with E-state index in [1.165, 1.54) is 11.8 Å². The van der Waals surface area contributed by atoms with E-state index >= 15 is 0 Å². The SMILES string of the molecule is Nc1ccccc1SCCS(=O)(=O)Nc1ccccc1Cl. The quantitative estimate of drug-likeness (QED) is 0.623. The summed E-state index contributed by atoms with van der Waals surface area (Å²) in [6, 6.07) is 14.1. The first-order valence-electron chi connectivity index (χ1n) is 6.20. The average molecular weight is 343 g/mol. The summed E-state index contributed by atoms with van der Waals surface area (Å²) in [6.45, 7) is 0. The molecule has 0 saturated heterocycles. The maximum absolute atomic E-state index is 12.0. The van der Waals surface area contributed by atoms with E-state index < -0.39 is 10.0 Å². The van der Waals surface area contributed by atoms with Gasteiger partial charge < -0.3 is 5.73 Å². The molecule has 0 heterocycles. The van der Waals surface area contributed by atoms with E-state index in [1.54, 1.807) is 30.3 Å². The monoisotopic (exact) mass is 342 g/mol. The predicted molar refractivity (Wildman–Crippen MR) is 90.4 cm³/mol. The van der Waals surface area contributed by atoms with Crippen LogP contribution in [0.15, 0.2) is 53.4 Å². The first-order chi connectivity index (χ1) is 9.98. The lowest BCUT2D eigenvalue weighted by Gasteiger charge is -2.09. The molecule has 2 rings (SSSR count). The van der Waals surface area contributed by atoms with E-state index in [4.69, 9.17) is 17.3 Å². The molecule has 0 bridgehead atoms. The molecule has 0 aliphatic rings. The van der Waals surface area contributed by atoms with E-state index in [1.807, 2.05) is 18.2 Å². The largest absolute Gasteiger partial charge is 0.398 e. The molecule has 0 aromatic heterocycles. The van der Waals surface area contributed by atoms with Crippen molar-refractivity contribution in [3.05, 3.63) is 53.6 Å². The highest BCUT2D eigenvalue weighted by molar-refractivity contribution is 8.01. The van der Waals surface area contributed by atoms with Crippen molar-refractivity contribution in [2.24, 2.45) is 0 Å². The molecule has 2 aromatic carbocycles. The first-order valence-corrected chi connectivity index (χ1v) is 9.22. The van der Waals surface area contributed by atoms with Crippen molar-refractivity contribution in [1.82, 2.24) is 0 Å². The van der Waals surface area contributed by atoms with Crippen LogP contribution in [0.2, 0.25) is 5.02 Å². The van der Waals surface area contributed by atoms with Crippen molar-refractivity contribution >= 4 is 44.8 Å². The number of hydrogen-bond acceptors (Lipinski definition) is 4. The van der Waals surface area contributed by atoms with Crippen molar-refractivity contribution < 1.29 is 8.42 Å². The number of para-hydroxylation sites is 2. The molecule has 0 fully saturated rings. The van der Waals surface area contributed by atoms with Gasteiger partial charge in [-0.1, -0.05) is 35.9 Å². The number of rotatable bonds is 6. The first kappa shape index (κ1) is 16.0. The topological polar surface area (TPSA) is 72.2 Å². The molecular formula is C14H15ClN2O2S2. The molecule has 0 saturated carbocycles. The van der Waals surface area contributed by atoms with Crippen molar-refractivity contribution in [1.29, 1.82) is 0 Å². The highest BCUT2D eigenvalue weighted by Gasteiger charge is 2.12. The van der Waals surface area contributed by atoms with Crippen LogP contribution in [0, 0.1) is 0 Å². The van der Waals surface area contributed by atoms with E-state index in [0.717, 1.165) is 4.90 Å². The molecule has 2 aromatic rings. The fourth-order valence-corrected chi connectivity index (χ4v) is 4.33. The minimum absolute atomic E-state index is 0.0166. The van der Waals surface area contributed by atoms with Crippen molar-refractivity contribution in [2.45, 2.75) is 4.90 Å². The average Bonchev–Trinajstić information content (AvgIpc) is 2.43. The summed E-state index contributed by atoms with van der Waals surface area (Å²) >= 11 is 7.34. The Labute approximate surface area is 133 Å². The van der Waals surface area contributed by atoms with Gasteiger partial charge in [-0.25, -0.2) is 8.42 Å². The lowest BCUT2D eigenvalue weighted by atomic mass is 10.3. The normalized spacial score (nSPS) is 11.3. The number of hydrogen-bond donors (Lipinski definition) is 2. The molecule has 0 aliphatic carbocycles. The summed E-state index contributed by atoms with van der Waals surface area (Å²) in [5.41, 5.74) is 6.85. The molecule has 0 aliphatic heterocycles. The highest BCUT2D eigenvalue weighted by Crippen LogP contribution is 2.25. The van der Waals surface area contributed by atoms with Gasteiger partial charge in [0.25, 0.3) is 0 Å². The number of sulfonamides is 1. The molecule has 4 nitrogen and oxygen atoms in total. The Bertz CT molecular complexity index is 720. The number of thioether (sulfide) groups is 1. The third-order valence-corrected chi connectivity index (χ3v) is 5.62. The molecule has 3 N–H and O–H groups in total. The molecular weight excluding hydrogens is 328 g/mol. The Morgan fingerprint density at radius 1 is 1.10 bits per heavy atom. The lowest BCUT2D eigenvalue weighted by Crippen LogP contribution is -2.18. The summed E-state index contributed by atoms with van der Waals surface area (Å²) in [5.74, 6) is 0.394. The zero-order valence-corrected chi connectivity index (χ0v) is 13.5. The van der Waals surface area contributed by atoms with Crippen LogP contribution in [0.4, 0.5) is 11.4 Å². The summed E-state index contributed by atoms with van der Waals surface area (Å²) in [4.78, 5) is 0.880. The number of nitrogen functional groups attached to an aromatic ring is 1. The van der Waals surface area contributed by atoms with Crippen LogP contribution in [0.5, 0.6) is 0 Å². The van der Waals surface area contributed by atoms with E-state index in [0.29, 0.717) is 22.2 Å². The Hall–Kier alpha value is -1.37. The van der Waals surface area contributed by atoms with Gasteiger partial charge >= 0.3 is 0 Å². The fourth-order valence-electron chi connectivity index (χ4n) is 1.64. The molecule has 0 radical (unpaired) electrons. The van der Waals surface area contributed by atoms with E-state index in [9.17, 15) is 8.42 Å². The van der Waals surface area contributed by atoms with Gasteiger partial charge in [0.2, 0.25) is 10.0 Å². The number of benzene rings is 2. The molecule has 0 unspecified atom stereocenters. The van der Waals surface area contributed by atoms with Crippen molar-refractivity contribution in [3.8, 4) is 0 Å². The van der Waals surface area contributed by atoms with Gasteiger partial charge in [0.1, 0.15) is 0 Å². The zero-order valence-electron chi connectivity index (χ0n) is 11.1. The number of nitrogens with two attached hydrogens (primary N) is 1. The Morgan fingerprint density at radius 3 is 2.48 bits per heavy atom. The van der Waals surface area contributed by atoms with Crippen LogP contribution in [0.25, 0.3) is 0 Å². The van der Waals surface area contributed by atoms with Crippen LogP contribution in [-0.2, 0) is 10.0 Å². The summed E-state index contributed by atoms with van der Waals surface area (Å²) in [7, 11) is -3.44. The molecule has 0 atom stereocenters. The van der Waals surface area contributed by atoms with Gasteiger partial charge in [0.05, 0.1) is 16.5 Å². The smallest absolute Gasteiger partial charge is 0.233 e. The minimum atomic E-state index is -3.44. The molecule has 21 heavy (non-hydrogen) atoms. The van der Waals surface area contributed by atoms with Gasteiger partial charge in [-0.3, -0.25) is 4.72 Å². The predicted octanol–water partition coefficient (Wildman–Crippen LogP) is 3.46. The second-order valence-electron chi connectivity index (χ2n) is 4.29. The molecule has 112 valence electrons. The van der Waals surface area contributed by atoms with Crippen molar-refractivity contribution in [3.63, 3.8) is 0 Å². The van der Waals surface area contributed by atoms with Gasteiger partial charge in [-0.05, 0) is 24.3 Å². The van der Waals surface area contributed by atoms with Gasteiger partial charge in [-0.15, -0.1) is 11.8 Å². The third kappa shape index (κ3) is 4.84.